The van der Waals surface area contributed by atoms with Crippen LogP contribution in [0.1, 0.15) is 58.3 Å². The molecule has 0 aliphatic carbocycles. The maximum absolute atomic E-state index is 13.7. The molecule has 8 nitrogen and oxygen atoms in total. The van der Waals surface area contributed by atoms with Crippen molar-refractivity contribution in [3.8, 4) is 0 Å². The minimum absolute atomic E-state index is 0.106. The monoisotopic (exact) mass is 471 g/mol. The standard InChI is InChI=1S/C26H37N3O5/c1-2-3-8-15-27-24(32)22-26-14-13-19(34-26)20(23(31)28-18-11-6-4-7-12-18)21(26)25(33)29(22)16-9-5-10-17-30/h4,6-7,11-12,19-22,30H,2-3,5,8-10,13-17H2,1H3,(H,27,32)(H,28,31)/t19-,20+,21+,22?,26?/m1/s1. The predicted molar refractivity (Wildman–Crippen MR) is 128 cm³/mol. The molecular weight excluding hydrogens is 434 g/mol. The van der Waals surface area contributed by atoms with Gasteiger partial charge in [-0.1, -0.05) is 38.0 Å². The Labute approximate surface area is 201 Å². The molecule has 3 amide bonds. The van der Waals surface area contributed by atoms with Crippen LogP contribution in [-0.4, -0.2) is 65.2 Å². The molecule has 3 aliphatic heterocycles. The molecule has 186 valence electrons. The molecule has 4 rings (SSSR count). The van der Waals surface area contributed by atoms with Crippen LogP contribution in [0.3, 0.4) is 0 Å². The number of fused-ring (bicyclic) bond motifs is 1. The van der Waals surface area contributed by atoms with E-state index in [4.69, 9.17) is 9.84 Å². The smallest absolute Gasteiger partial charge is 0.245 e. The summed E-state index contributed by atoms with van der Waals surface area (Å²) in [4.78, 5) is 42.1. The Balaban J connectivity index is 1.56. The lowest BCUT2D eigenvalue weighted by molar-refractivity contribution is -0.141. The summed E-state index contributed by atoms with van der Waals surface area (Å²) in [7, 11) is 0. The maximum atomic E-state index is 13.7. The Kier molecular flexibility index (Phi) is 7.88. The molecule has 5 atom stereocenters. The van der Waals surface area contributed by atoms with Gasteiger partial charge in [-0.05, 0) is 50.7 Å². The van der Waals surface area contributed by atoms with Gasteiger partial charge in [0.25, 0.3) is 0 Å². The molecule has 3 N–H and O–H groups in total. The second-order valence-electron chi connectivity index (χ2n) is 9.73. The Morgan fingerprint density at radius 2 is 1.91 bits per heavy atom. The summed E-state index contributed by atoms with van der Waals surface area (Å²) < 4.78 is 6.42. The van der Waals surface area contributed by atoms with Crippen LogP contribution >= 0.6 is 0 Å². The lowest BCUT2D eigenvalue weighted by atomic mass is 9.70. The van der Waals surface area contributed by atoms with Crippen LogP contribution in [-0.2, 0) is 19.1 Å². The molecule has 2 unspecified atom stereocenters. The minimum Gasteiger partial charge on any atom is -0.396 e. The van der Waals surface area contributed by atoms with E-state index in [-0.39, 0.29) is 30.4 Å². The Morgan fingerprint density at radius 1 is 1.12 bits per heavy atom. The number of rotatable bonds is 12. The molecule has 3 aliphatic rings. The number of para-hydroxylation sites is 1. The number of anilines is 1. The zero-order valence-electron chi connectivity index (χ0n) is 20.0. The quantitative estimate of drug-likeness (QED) is 0.406. The summed E-state index contributed by atoms with van der Waals surface area (Å²) in [6.45, 7) is 3.21. The second-order valence-corrected chi connectivity index (χ2v) is 9.73. The number of ether oxygens (including phenoxy) is 1. The van der Waals surface area contributed by atoms with E-state index in [1.807, 2.05) is 30.3 Å². The fraction of sp³-hybridized carbons (Fsp3) is 0.654. The number of amides is 3. The first-order chi connectivity index (χ1) is 16.5. The predicted octanol–water partition coefficient (Wildman–Crippen LogP) is 2.47. The summed E-state index contributed by atoms with van der Waals surface area (Å²) in [5.41, 5.74) is -0.271. The average Bonchev–Trinajstić information content (AvgIpc) is 3.47. The van der Waals surface area contributed by atoms with Gasteiger partial charge >= 0.3 is 0 Å². The van der Waals surface area contributed by atoms with Crippen molar-refractivity contribution in [3.63, 3.8) is 0 Å². The lowest BCUT2D eigenvalue weighted by Crippen LogP contribution is -2.55. The van der Waals surface area contributed by atoms with E-state index in [0.717, 1.165) is 25.7 Å². The van der Waals surface area contributed by atoms with E-state index in [0.29, 0.717) is 44.5 Å². The summed E-state index contributed by atoms with van der Waals surface area (Å²) in [5.74, 6) is -1.83. The van der Waals surface area contributed by atoms with Crippen molar-refractivity contribution in [2.45, 2.75) is 76.0 Å². The third-order valence-corrected chi connectivity index (χ3v) is 7.53. The highest BCUT2D eigenvalue weighted by atomic mass is 16.5. The van der Waals surface area contributed by atoms with E-state index in [9.17, 15) is 14.4 Å². The van der Waals surface area contributed by atoms with Gasteiger partial charge in [0.15, 0.2) is 0 Å². The first kappa shape index (κ1) is 24.7. The molecule has 0 radical (unpaired) electrons. The van der Waals surface area contributed by atoms with E-state index < -0.39 is 23.5 Å². The zero-order chi connectivity index (χ0) is 24.1. The molecule has 2 bridgehead atoms. The molecule has 8 heteroatoms. The first-order valence-electron chi connectivity index (χ1n) is 12.8. The van der Waals surface area contributed by atoms with Crippen LogP contribution in [0, 0.1) is 11.8 Å². The van der Waals surface area contributed by atoms with Gasteiger partial charge in [0, 0.05) is 25.4 Å². The van der Waals surface area contributed by atoms with Crippen molar-refractivity contribution in [2.24, 2.45) is 11.8 Å². The minimum atomic E-state index is -0.952. The Bertz CT molecular complexity index is 878. The molecule has 1 aromatic rings. The van der Waals surface area contributed by atoms with Crippen molar-refractivity contribution < 1.29 is 24.2 Å². The van der Waals surface area contributed by atoms with Crippen molar-refractivity contribution in [1.29, 1.82) is 0 Å². The number of nitrogens with one attached hydrogen (secondary N) is 2. The number of carbonyl (C=O) groups is 3. The first-order valence-corrected chi connectivity index (χ1v) is 12.8. The Morgan fingerprint density at radius 3 is 2.65 bits per heavy atom. The number of hydrogen-bond acceptors (Lipinski definition) is 5. The average molecular weight is 472 g/mol. The van der Waals surface area contributed by atoms with Crippen LogP contribution in [0.15, 0.2) is 30.3 Å². The van der Waals surface area contributed by atoms with Gasteiger partial charge in [-0.15, -0.1) is 0 Å². The molecule has 3 saturated heterocycles. The van der Waals surface area contributed by atoms with Crippen LogP contribution in [0.4, 0.5) is 5.69 Å². The molecule has 0 saturated carbocycles. The number of carbonyl (C=O) groups excluding carboxylic acids is 3. The van der Waals surface area contributed by atoms with Crippen LogP contribution in [0.2, 0.25) is 0 Å². The third-order valence-electron chi connectivity index (χ3n) is 7.53. The molecule has 3 heterocycles. The molecule has 1 aromatic carbocycles. The fourth-order valence-corrected chi connectivity index (χ4v) is 6.00. The largest absolute Gasteiger partial charge is 0.396 e. The number of nitrogens with zero attached hydrogens (tertiary/aromatic N) is 1. The van der Waals surface area contributed by atoms with Gasteiger partial charge in [-0.2, -0.15) is 0 Å². The van der Waals surface area contributed by atoms with E-state index in [1.165, 1.54) is 0 Å². The van der Waals surface area contributed by atoms with E-state index in [2.05, 4.69) is 17.6 Å². The highest BCUT2D eigenvalue weighted by Gasteiger charge is 2.74. The number of unbranched alkanes of at least 4 members (excludes halogenated alkanes) is 4. The Hall–Kier alpha value is -2.45. The fourth-order valence-electron chi connectivity index (χ4n) is 6.00. The van der Waals surface area contributed by atoms with Gasteiger partial charge in [0.1, 0.15) is 11.6 Å². The topological polar surface area (TPSA) is 108 Å². The van der Waals surface area contributed by atoms with Crippen molar-refractivity contribution in [2.75, 3.05) is 25.0 Å². The SMILES string of the molecule is CCCCCNC(=O)C1N(CCCCCO)C(=O)[C@@H]2[C@@H](C(=O)Nc3ccccc3)[C@H]3CCC12O3. The van der Waals surface area contributed by atoms with Crippen LogP contribution in [0.25, 0.3) is 0 Å². The zero-order valence-corrected chi connectivity index (χ0v) is 20.0. The highest BCUT2D eigenvalue weighted by Crippen LogP contribution is 2.58. The number of aliphatic hydroxyl groups excluding tert-OH is 1. The van der Waals surface area contributed by atoms with E-state index >= 15 is 0 Å². The van der Waals surface area contributed by atoms with Gasteiger partial charge in [-0.25, -0.2) is 0 Å². The number of likely N-dealkylation sites (tertiary alicyclic amines) is 1. The van der Waals surface area contributed by atoms with Gasteiger partial charge < -0.3 is 25.4 Å². The third kappa shape index (κ3) is 4.58. The molecule has 3 fully saturated rings. The van der Waals surface area contributed by atoms with Crippen molar-refractivity contribution in [1.82, 2.24) is 10.2 Å². The van der Waals surface area contributed by atoms with Crippen molar-refractivity contribution in [3.05, 3.63) is 30.3 Å². The number of benzene rings is 1. The van der Waals surface area contributed by atoms with Gasteiger partial charge in [0.2, 0.25) is 17.7 Å². The molecule has 0 aromatic heterocycles. The summed E-state index contributed by atoms with van der Waals surface area (Å²) in [6, 6.07) is 8.49. The second kappa shape index (κ2) is 10.9. The van der Waals surface area contributed by atoms with Gasteiger partial charge in [-0.3, -0.25) is 14.4 Å². The molecule has 1 spiro atoms. The molecular formula is C26H37N3O5. The maximum Gasteiger partial charge on any atom is 0.245 e. The lowest BCUT2D eigenvalue weighted by Gasteiger charge is -2.33. The van der Waals surface area contributed by atoms with Crippen LogP contribution < -0.4 is 10.6 Å². The summed E-state index contributed by atoms with van der Waals surface area (Å²) in [6.07, 6.45) is 6.00. The van der Waals surface area contributed by atoms with E-state index in [1.54, 1.807) is 4.90 Å². The highest BCUT2D eigenvalue weighted by molar-refractivity contribution is 6.01. The number of aliphatic hydroxyl groups is 1. The number of hydrogen-bond donors (Lipinski definition) is 3. The van der Waals surface area contributed by atoms with Crippen LogP contribution in [0.5, 0.6) is 0 Å². The summed E-state index contributed by atoms with van der Waals surface area (Å²) in [5, 5.41) is 15.1. The molecule has 34 heavy (non-hydrogen) atoms. The van der Waals surface area contributed by atoms with Crippen molar-refractivity contribution >= 4 is 23.4 Å². The normalized spacial score (nSPS) is 29.4. The summed E-state index contributed by atoms with van der Waals surface area (Å²) >= 11 is 0. The van der Waals surface area contributed by atoms with Gasteiger partial charge in [0.05, 0.1) is 17.9 Å².